The molecule has 0 saturated heterocycles. The monoisotopic (exact) mass is 222 g/mol. The Morgan fingerprint density at radius 2 is 2.27 bits per heavy atom. The number of benzene rings is 1. The van der Waals surface area contributed by atoms with Crippen molar-refractivity contribution in [2.24, 2.45) is 0 Å². The molecule has 0 fully saturated rings. The average Bonchev–Trinajstić information content (AvgIpc) is 2.48. The first kappa shape index (κ1) is 10.4. The lowest BCUT2D eigenvalue weighted by Gasteiger charge is -2.22. The van der Waals surface area contributed by atoms with Gasteiger partial charge in [0.15, 0.2) is 5.91 Å². The number of carbonyl (C=O) groups excluding carboxylic acids is 1. The first-order chi connectivity index (χ1) is 7.29. The van der Waals surface area contributed by atoms with E-state index in [0.717, 1.165) is 30.5 Å². The van der Waals surface area contributed by atoms with Gasteiger partial charge in [-0.3, -0.25) is 0 Å². The maximum atomic E-state index is 11.1. The summed E-state index contributed by atoms with van der Waals surface area (Å²) in [6, 6.07) is 8.60. The molecule has 2 rings (SSSR count). The van der Waals surface area contributed by atoms with Gasteiger partial charge in [0.1, 0.15) is 5.75 Å². The molecule has 80 valence electrons. The Morgan fingerprint density at radius 3 is 3.00 bits per heavy atom. The highest BCUT2D eigenvalue weighted by molar-refractivity contribution is 6.92. The molecule has 4 heteroatoms. The largest absolute Gasteiger partial charge is 0.515 e. The van der Waals surface area contributed by atoms with E-state index in [0.29, 0.717) is 0 Å². The fourth-order valence-electron chi connectivity index (χ4n) is 1.85. The van der Waals surface area contributed by atoms with Crippen molar-refractivity contribution < 1.29 is 13.6 Å². The standard InChI is InChI=1S/C11H14O3Si/c1-13-15(9-12)8-4-6-10-5-2-3-7-11(10)14-15/h2-3,5,7,9H,4,6,8H2,1H3. The number of hydrogen-bond acceptors (Lipinski definition) is 3. The van der Waals surface area contributed by atoms with Gasteiger partial charge in [0, 0.05) is 13.2 Å². The highest BCUT2D eigenvalue weighted by atomic mass is 28.4. The van der Waals surface area contributed by atoms with Crippen LogP contribution in [0.3, 0.4) is 0 Å². The molecule has 1 aliphatic rings. The number of carbonyl (C=O) groups is 1. The molecule has 1 aromatic rings. The number of hydrogen-bond donors (Lipinski definition) is 0. The Balaban J connectivity index is 2.35. The van der Waals surface area contributed by atoms with E-state index in [4.69, 9.17) is 8.85 Å². The number of rotatable bonds is 2. The normalized spacial score (nSPS) is 24.9. The van der Waals surface area contributed by atoms with Gasteiger partial charge in [-0.2, -0.15) is 0 Å². The van der Waals surface area contributed by atoms with Crippen LogP contribution in [0.4, 0.5) is 0 Å². The molecule has 0 radical (unpaired) electrons. The molecule has 15 heavy (non-hydrogen) atoms. The predicted molar refractivity (Wildman–Crippen MR) is 59.7 cm³/mol. The fourth-order valence-corrected chi connectivity index (χ4v) is 3.74. The number of para-hydroxylation sites is 1. The molecule has 1 aromatic carbocycles. The van der Waals surface area contributed by atoms with Gasteiger partial charge in [0.2, 0.25) is 0 Å². The highest BCUT2D eigenvalue weighted by Crippen LogP contribution is 2.29. The van der Waals surface area contributed by atoms with Crippen LogP contribution in [-0.4, -0.2) is 21.6 Å². The topological polar surface area (TPSA) is 35.5 Å². The van der Waals surface area contributed by atoms with E-state index in [9.17, 15) is 4.79 Å². The zero-order valence-electron chi connectivity index (χ0n) is 8.73. The van der Waals surface area contributed by atoms with Crippen LogP contribution in [0, 0.1) is 0 Å². The van der Waals surface area contributed by atoms with Crippen molar-refractivity contribution in [2.45, 2.75) is 18.9 Å². The predicted octanol–water partition coefficient (Wildman–Crippen LogP) is 1.87. The van der Waals surface area contributed by atoms with Crippen molar-refractivity contribution in [2.75, 3.05) is 7.11 Å². The minimum Gasteiger partial charge on any atom is -0.515 e. The molecule has 1 unspecified atom stereocenters. The van der Waals surface area contributed by atoms with Crippen LogP contribution in [-0.2, 0) is 15.6 Å². The Hall–Kier alpha value is -1.13. The number of aryl methyl sites for hydroxylation is 1. The van der Waals surface area contributed by atoms with Crippen LogP contribution in [0.1, 0.15) is 12.0 Å². The maximum absolute atomic E-state index is 11.1. The average molecular weight is 222 g/mol. The fraction of sp³-hybridized carbons (Fsp3) is 0.364. The summed E-state index contributed by atoms with van der Waals surface area (Å²) in [6.45, 7) is 0. The van der Waals surface area contributed by atoms with Crippen molar-refractivity contribution in [1.82, 2.24) is 0 Å². The second-order valence-corrected chi connectivity index (χ2v) is 6.67. The summed E-state index contributed by atoms with van der Waals surface area (Å²) in [5.41, 5.74) is 1.17. The van der Waals surface area contributed by atoms with Gasteiger partial charge in [-0.05, 0) is 24.5 Å². The van der Waals surface area contributed by atoms with Crippen LogP contribution < -0.4 is 4.43 Å². The summed E-state index contributed by atoms with van der Waals surface area (Å²) in [5, 5.41) is 0. The second-order valence-electron chi connectivity index (χ2n) is 3.70. The van der Waals surface area contributed by atoms with Crippen molar-refractivity contribution in [3.8, 4) is 5.75 Å². The van der Waals surface area contributed by atoms with Crippen molar-refractivity contribution in [3.63, 3.8) is 0 Å². The first-order valence-electron chi connectivity index (χ1n) is 5.08. The van der Waals surface area contributed by atoms with E-state index < -0.39 is 8.56 Å². The Kier molecular flexibility index (Phi) is 2.88. The molecular weight excluding hydrogens is 208 g/mol. The Morgan fingerprint density at radius 1 is 1.47 bits per heavy atom. The molecule has 0 N–H and O–H groups in total. The summed E-state index contributed by atoms with van der Waals surface area (Å²) in [4.78, 5) is 11.1. The van der Waals surface area contributed by atoms with Crippen molar-refractivity contribution in [1.29, 1.82) is 0 Å². The molecular formula is C11H14O3Si. The third-order valence-corrected chi connectivity index (χ3v) is 5.42. The summed E-state index contributed by atoms with van der Waals surface area (Å²) in [7, 11) is -1.05. The quantitative estimate of drug-likeness (QED) is 0.566. The van der Waals surface area contributed by atoms with E-state index in [1.54, 1.807) is 7.11 Å². The molecule has 0 bridgehead atoms. The third-order valence-electron chi connectivity index (χ3n) is 2.75. The van der Waals surface area contributed by atoms with Crippen LogP contribution in [0.15, 0.2) is 24.3 Å². The van der Waals surface area contributed by atoms with Crippen LogP contribution in [0.25, 0.3) is 0 Å². The second kappa shape index (κ2) is 4.16. The lowest BCUT2D eigenvalue weighted by molar-refractivity contribution is 0.315. The summed E-state index contributed by atoms with van der Waals surface area (Å²) in [5.74, 6) is 1.70. The molecule has 0 spiro atoms. The number of fused-ring (bicyclic) bond motifs is 1. The molecule has 3 nitrogen and oxygen atoms in total. The van der Waals surface area contributed by atoms with Gasteiger partial charge in [-0.15, -0.1) is 0 Å². The van der Waals surface area contributed by atoms with E-state index in [1.165, 1.54) is 5.56 Å². The minimum absolute atomic E-state index is 0.738. The molecule has 1 heterocycles. The van der Waals surface area contributed by atoms with E-state index in [-0.39, 0.29) is 0 Å². The Bertz CT molecular complexity index is 367. The molecule has 0 amide bonds. The minimum atomic E-state index is -2.61. The van der Waals surface area contributed by atoms with Gasteiger partial charge in [0.25, 0.3) is 0 Å². The van der Waals surface area contributed by atoms with Crippen molar-refractivity contribution in [3.05, 3.63) is 29.8 Å². The SMILES string of the molecule is CO[Si]1(C=O)CCCc2ccccc2O1. The van der Waals surface area contributed by atoms with E-state index >= 15 is 0 Å². The first-order valence-corrected chi connectivity index (χ1v) is 7.18. The van der Waals surface area contributed by atoms with Gasteiger partial charge in [-0.1, -0.05) is 18.2 Å². The van der Waals surface area contributed by atoms with Crippen LogP contribution >= 0.6 is 0 Å². The van der Waals surface area contributed by atoms with Gasteiger partial charge in [-0.25, -0.2) is 0 Å². The smallest absolute Gasteiger partial charge is 0.467 e. The van der Waals surface area contributed by atoms with E-state index in [1.807, 2.05) is 24.3 Å². The van der Waals surface area contributed by atoms with Gasteiger partial charge < -0.3 is 13.6 Å². The molecule has 0 aromatic heterocycles. The van der Waals surface area contributed by atoms with Gasteiger partial charge in [0.05, 0.1) is 0 Å². The lowest BCUT2D eigenvalue weighted by atomic mass is 10.1. The third kappa shape index (κ3) is 1.96. The highest BCUT2D eigenvalue weighted by Gasteiger charge is 2.40. The zero-order chi connectivity index (χ0) is 10.7. The Labute approximate surface area is 90.3 Å². The maximum Gasteiger partial charge on any atom is 0.467 e. The van der Waals surface area contributed by atoms with Crippen LogP contribution in [0.2, 0.25) is 6.04 Å². The molecule has 0 aliphatic carbocycles. The lowest BCUT2D eigenvalue weighted by Crippen LogP contribution is -2.46. The van der Waals surface area contributed by atoms with Gasteiger partial charge >= 0.3 is 8.56 Å². The molecule has 0 saturated carbocycles. The van der Waals surface area contributed by atoms with E-state index in [2.05, 4.69) is 0 Å². The van der Waals surface area contributed by atoms with Crippen molar-refractivity contribution >= 4 is 14.5 Å². The summed E-state index contributed by atoms with van der Waals surface area (Å²) >= 11 is 0. The summed E-state index contributed by atoms with van der Waals surface area (Å²) < 4.78 is 11.1. The van der Waals surface area contributed by atoms with Crippen LogP contribution in [0.5, 0.6) is 5.75 Å². The molecule has 1 atom stereocenters. The molecule has 1 aliphatic heterocycles. The zero-order valence-corrected chi connectivity index (χ0v) is 9.73. The summed E-state index contributed by atoms with van der Waals surface area (Å²) in [6.07, 6.45) is 1.91.